The van der Waals surface area contributed by atoms with Crippen LogP contribution >= 0.6 is 23.2 Å². The van der Waals surface area contributed by atoms with Gasteiger partial charge in [0.2, 0.25) is 0 Å². The molecular weight excluding hydrogens is 385 g/mol. The monoisotopic (exact) mass is 402 g/mol. The molecule has 0 unspecified atom stereocenters. The molecule has 0 amide bonds. The van der Waals surface area contributed by atoms with Gasteiger partial charge >= 0.3 is 0 Å². The van der Waals surface area contributed by atoms with Gasteiger partial charge < -0.3 is 10.4 Å². The van der Waals surface area contributed by atoms with Gasteiger partial charge in [-0.25, -0.2) is 9.97 Å². The van der Waals surface area contributed by atoms with Crippen LogP contribution in [0, 0.1) is 0 Å². The van der Waals surface area contributed by atoms with E-state index in [4.69, 9.17) is 34.0 Å². The SMILES string of the molecule is NC(/C=C\O)=[NH+]CCNc1nc(-c2ccc(Cl)cc2Cl)nc2ccccc12. The number of halogens is 2. The maximum absolute atomic E-state index is 8.69. The molecule has 1 heterocycles. The van der Waals surface area contributed by atoms with Crippen LogP contribution in [-0.2, 0) is 0 Å². The van der Waals surface area contributed by atoms with Gasteiger partial charge in [0.25, 0.3) is 5.84 Å². The van der Waals surface area contributed by atoms with E-state index < -0.39 is 0 Å². The van der Waals surface area contributed by atoms with Gasteiger partial charge in [0.15, 0.2) is 5.82 Å². The highest BCUT2D eigenvalue weighted by molar-refractivity contribution is 6.36. The van der Waals surface area contributed by atoms with Gasteiger partial charge in [0, 0.05) is 16.0 Å². The fourth-order valence-corrected chi connectivity index (χ4v) is 3.02. The van der Waals surface area contributed by atoms with E-state index in [1.165, 1.54) is 6.08 Å². The largest absolute Gasteiger partial charge is 0.515 e. The number of rotatable bonds is 6. The summed E-state index contributed by atoms with van der Waals surface area (Å²) in [5, 5.41) is 13.9. The van der Waals surface area contributed by atoms with Crippen molar-refractivity contribution < 1.29 is 10.1 Å². The molecule has 0 saturated carbocycles. The lowest BCUT2D eigenvalue weighted by Gasteiger charge is -2.11. The molecule has 3 rings (SSSR count). The van der Waals surface area contributed by atoms with Crippen molar-refractivity contribution in [2.75, 3.05) is 18.4 Å². The smallest absolute Gasteiger partial charge is 0.268 e. The molecule has 5 N–H and O–H groups in total. The Morgan fingerprint density at radius 2 is 2.00 bits per heavy atom. The van der Waals surface area contributed by atoms with Gasteiger partial charge in [-0.3, -0.25) is 10.7 Å². The summed E-state index contributed by atoms with van der Waals surface area (Å²) in [7, 11) is 0. The van der Waals surface area contributed by atoms with Crippen molar-refractivity contribution >= 4 is 45.8 Å². The first kappa shape index (κ1) is 18.9. The average Bonchev–Trinajstić information content (AvgIpc) is 2.65. The predicted octanol–water partition coefficient (Wildman–Crippen LogP) is 2.53. The Labute approximate surface area is 166 Å². The van der Waals surface area contributed by atoms with E-state index in [1.54, 1.807) is 18.2 Å². The number of para-hydroxylation sites is 1. The van der Waals surface area contributed by atoms with Crippen LogP contribution in [0.15, 0.2) is 54.8 Å². The van der Waals surface area contributed by atoms with E-state index in [0.717, 1.165) is 17.2 Å². The average molecular weight is 403 g/mol. The van der Waals surface area contributed by atoms with Gasteiger partial charge in [0.05, 0.1) is 29.4 Å². The molecule has 0 radical (unpaired) electrons. The van der Waals surface area contributed by atoms with Crippen LogP contribution in [0.25, 0.3) is 22.3 Å². The zero-order valence-corrected chi connectivity index (χ0v) is 15.8. The fraction of sp³-hybridized carbons (Fsp3) is 0.105. The van der Waals surface area contributed by atoms with E-state index in [9.17, 15) is 0 Å². The third kappa shape index (κ3) is 4.67. The van der Waals surface area contributed by atoms with Crippen molar-refractivity contribution in [3.63, 3.8) is 0 Å². The summed E-state index contributed by atoms with van der Waals surface area (Å²) >= 11 is 12.3. The number of fused-ring (bicyclic) bond motifs is 1. The third-order valence-electron chi connectivity index (χ3n) is 3.78. The van der Waals surface area contributed by atoms with Crippen LogP contribution in [0.1, 0.15) is 0 Å². The minimum atomic E-state index is 0.375. The number of nitrogens with one attached hydrogen (secondary N) is 2. The standard InChI is InChI=1S/C19H17Cl2N5O/c20-12-5-6-13(15(21)11-12)19-25-16-4-2-1-3-14(16)18(26-19)24-9-8-23-17(22)7-10-27/h1-7,10-11,27H,8-9H2,(H2,22,23)(H,24,25,26)/p+1/b10-7-. The molecule has 0 aliphatic heterocycles. The van der Waals surface area contributed by atoms with Gasteiger partial charge in [-0.05, 0) is 30.3 Å². The Balaban J connectivity index is 1.93. The number of hydrogen-bond acceptors (Lipinski definition) is 4. The number of anilines is 1. The van der Waals surface area contributed by atoms with E-state index in [2.05, 4.69) is 20.3 Å². The summed E-state index contributed by atoms with van der Waals surface area (Å²) in [4.78, 5) is 12.2. The number of benzene rings is 2. The van der Waals surface area contributed by atoms with Gasteiger partial charge in [-0.1, -0.05) is 35.3 Å². The second-order valence-electron chi connectivity index (χ2n) is 5.66. The lowest BCUT2D eigenvalue weighted by Crippen LogP contribution is -2.76. The number of nitrogens with zero attached hydrogens (tertiary/aromatic N) is 2. The summed E-state index contributed by atoms with van der Waals surface area (Å²) in [5.41, 5.74) is 7.17. The van der Waals surface area contributed by atoms with Crippen molar-refractivity contribution in [1.29, 1.82) is 0 Å². The van der Waals surface area contributed by atoms with E-state index in [0.29, 0.717) is 46.2 Å². The van der Waals surface area contributed by atoms with Gasteiger partial charge in [-0.2, -0.15) is 0 Å². The molecule has 8 heteroatoms. The Bertz CT molecular complexity index is 1020. The second-order valence-corrected chi connectivity index (χ2v) is 6.51. The Morgan fingerprint density at radius 1 is 1.19 bits per heavy atom. The van der Waals surface area contributed by atoms with E-state index in [1.807, 2.05) is 24.3 Å². The molecule has 0 bridgehead atoms. The van der Waals surface area contributed by atoms with Crippen molar-refractivity contribution in [3.05, 3.63) is 64.8 Å². The Hall–Kier alpha value is -2.83. The first-order valence-electron chi connectivity index (χ1n) is 8.21. The van der Waals surface area contributed by atoms with Crippen LogP contribution in [0.4, 0.5) is 5.82 Å². The number of hydrogen-bond donors (Lipinski definition) is 4. The molecule has 0 atom stereocenters. The molecule has 0 spiro atoms. The fourth-order valence-electron chi connectivity index (χ4n) is 2.53. The lowest BCUT2D eigenvalue weighted by molar-refractivity contribution is -0.453. The van der Waals surface area contributed by atoms with Crippen molar-refractivity contribution in [3.8, 4) is 11.4 Å². The van der Waals surface area contributed by atoms with Crippen LogP contribution in [-0.4, -0.2) is 34.0 Å². The summed E-state index contributed by atoms with van der Waals surface area (Å²) in [6.45, 7) is 1.11. The maximum Gasteiger partial charge on any atom is 0.268 e. The first-order chi connectivity index (χ1) is 13.1. The molecule has 1 aromatic heterocycles. The highest BCUT2D eigenvalue weighted by atomic mass is 35.5. The summed E-state index contributed by atoms with van der Waals surface area (Å²) < 4.78 is 0. The van der Waals surface area contributed by atoms with Crippen molar-refractivity contribution in [2.24, 2.45) is 5.73 Å². The first-order valence-corrected chi connectivity index (χ1v) is 8.97. The summed E-state index contributed by atoms with van der Waals surface area (Å²) in [6.07, 6.45) is 2.26. The van der Waals surface area contributed by atoms with Crippen molar-refractivity contribution in [2.45, 2.75) is 0 Å². The van der Waals surface area contributed by atoms with Gasteiger partial charge in [-0.15, -0.1) is 0 Å². The molecule has 0 saturated heterocycles. The zero-order valence-electron chi connectivity index (χ0n) is 14.3. The molecule has 138 valence electrons. The summed E-state index contributed by atoms with van der Waals surface area (Å²) in [6, 6.07) is 13.0. The minimum absolute atomic E-state index is 0.375. The Morgan fingerprint density at radius 3 is 2.78 bits per heavy atom. The van der Waals surface area contributed by atoms with Crippen molar-refractivity contribution in [1.82, 2.24) is 9.97 Å². The number of nitrogens with two attached hydrogens (primary N) is 1. The van der Waals surface area contributed by atoms with Crippen LogP contribution in [0.2, 0.25) is 10.0 Å². The van der Waals surface area contributed by atoms with E-state index >= 15 is 0 Å². The normalized spacial score (nSPS) is 12.0. The second kappa shape index (κ2) is 8.70. The number of aromatic nitrogens is 2. The molecule has 0 aliphatic carbocycles. The third-order valence-corrected chi connectivity index (χ3v) is 4.32. The minimum Gasteiger partial charge on any atom is -0.515 e. The summed E-state index contributed by atoms with van der Waals surface area (Å²) in [5.74, 6) is 1.58. The highest BCUT2D eigenvalue weighted by Gasteiger charge is 2.12. The number of aliphatic hydroxyl groups is 1. The maximum atomic E-state index is 8.69. The number of amidine groups is 1. The Kier molecular flexibility index (Phi) is 6.11. The molecule has 2 aromatic carbocycles. The molecule has 6 nitrogen and oxygen atoms in total. The topological polar surface area (TPSA) is 98.0 Å². The lowest BCUT2D eigenvalue weighted by atomic mass is 10.2. The van der Waals surface area contributed by atoms with Crippen LogP contribution < -0.4 is 16.0 Å². The molecule has 27 heavy (non-hydrogen) atoms. The molecule has 3 aromatic rings. The number of aliphatic hydroxyl groups excluding tert-OH is 1. The molecular formula is C19H18Cl2N5O+. The quantitative estimate of drug-likeness (QED) is 0.220. The van der Waals surface area contributed by atoms with Crippen LogP contribution in [0.5, 0.6) is 0 Å². The highest BCUT2D eigenvalue weighted by Crippen LogP contribution is 2.31. The van der Waals surface area contributed by atoms with E-state index in [-0.39, 0.29) is 0 Å². The van der Waals surface area contributed by atoms with Crippen LogP contribution in [0.3, 0.4) is 0 Å². The van der Waals surface area contributed by atoms with Gasteiger partial charge in [0.1, 0.15) is 12.4 Å². The molecule has 0 fully saturated rings. The zero-order chi connectivity index (χ0) is 19.2. The molecule has 0 aliphatic rings. The predicted molar refractivity (Wildman–Crippen MR) is 110 cm³/mol.